The quantitative estimate of drug-likeness (QED) is 0.460. The molecule has 2 aliphatic heterocycles. The Balaban J connectivity index is 1.28. The molecule has 2 aliphatic rings. The molecule has 2 fully saturated rings. The van der Waals surface area contributed by atoms with Gasteiger partial charge in [-0.2, -0.15) is 0 Å². The molecule has 0 radical (unpaired) electrons. The molecule has 37 heavy (non-hydrogen) atoms. The zero-order chi connectivity index (χ0) is 25.5. The number of amides is 2. The predicted octanol–water partition coefficient (Wildman–Crippen LogP) is 4.33. The van der Waals surface area contributed by atoms with Gasteiger partial charge in [0.25, 0.3) is 0 Å². The molecule has 3 aromatic rings. The van der Waals surface area contributed by atoms with Crippen LogP contribution < -0.4 is 10.6 Å². The molecule has 2 N–H and O–H groups in total. The van der Waals surface area contributed by atoms with Gasteiger partial charge in [0.15, 0.2) is 0 Å². The molecule has 0 bridgehead atoms. The number of hydrogen-bond donors (Lipinski definition) is 2. The summed E-state index contributed by atoms with van der Waals surface area (Å²) >= 11 is 0. The second-order valence-corrected chi connectivity index (χ2v) is 10.0. The minimum absolute atomic E-state index is 0.0163. The standard InChI is InChI=1S/C30H35N5O2/c36-28(21-34-16-1-2-17-34)32-26-11-7-23(8-12-26)30(25-6-5-15-31-20-25)24-9-13-27(14-10-24)33-29(37)22-35-18-3-4-19-35/h5-15,20,30H,1-4,16-19,21-22H2,(H,32,36)(H,33,37). The van der Waals surface area contributed by atoms with Gasteiger partial charge >= 0.3 is 0 Å². The summed E-state index contributed by atoms with van der Waals surface area (Å²) in [5.74, 6) is 0.0408. The molecule has 2 saturated heterocycles. The highest BCUT2D eigenvalue weighted by molar-refractivity contribution is 5.92. The van der Waals surface area contributed by atoms with E-state index in [1.807, 2.05) is 36.5 Å². The predicted molar refractivity (Wildman–Crippen MR) is 147 cm³/mol. The second kappa shape index (κ2) is 12.1. The van der Waals surface area contributed by atoms with Crippen LogP contribution in [0, 0.1) is 0 Å². The van der Waals surface area contributed by atoms with E-state index in [-0.39, 0.29) is 17.7 Å². The first-order valence-electron chi connectivity index (χ1n) is 13.3. The van der Waals surface area contributed by atoms with Crippen LogP contribution in [0.5, 0.6) is 0 Å². The number of carbonyl (C=O) groups excluding carboxylic acids is 2. The Bertz CT molecular complexity index is 1090. The molecule has 0 unspecified atom stereocenters. The van der Waals surface area contributed by atoms with E-state index in [1.165, 1.54) is 25.7 Å². The summed E-state index contributed by atoms with van der Waals surface area (Å²) in [6, 6.07) is 20.1. The number of pyridine rings is 1. The van der Waals surface area contributed by atoms with E-state index >= 15 is 0 Å². The van der Waals surface area contributed by atoms with Crippen LogP contribution in [0.15, 0.2) is 73.1 Å². The Morgan fingerprint density at radius 2 is 1.14 bits per heavy atom. The van der Waals surface area contributed by atoms with Crippen molar-refractivity contribution >= 4 is 23.2 Å². The highest BCUT2D eigenvalue weighted by Gasteiger charge is 2.19. The molecule has 5 rings (SSSR count). The van der Waals surface area contributed by atoms with Gasteiger partial charge in [0.1, 0.15) is 0 Å². The number of benzene rings is 2. The molecule has 2 amide bonds. The first-order chi connectivity index (χ1) is 18.1. The van der Waals surface area contributed by atoms with E-state index in [1.54, 1.807) is 6.20 Å². The summed E-state index contributed by atoms with van der Waals surface area (Å²) in [5, 5.41) is 6.06. The van der Waals surface area contributed by atoms with E-state index in [0.29, 0.717) is 13.1 Å². The van der Waals surface area contributed by atoms with E-state index in [0.717, 1.165) is 54.2 Å². The summed E-state index contributed by atoms with van der Waals surface area (Å²) in [4.78, 5) is 33.6. The zero-order valence-electron chi connectivity index (χ0n) is 21.2. The van der Waals surface area contributed by atoms with Gasteiger partial charge in [-0.25, -0.2) is 0 Å². The van der Waals surface area contributed by atoms with Crippen molar-refractivity contribution < 1.29 is 9.59 Å². The molecule has 0 spiro atoms. The third-order valence-electron chi connectivity index (χ3n) is 7.21. The first-order valence-corrected chi connectivity index (χ1v) is 13.3. The third-order valence-corrected chi connectivity index (χ3v) is 7.21. The second-order valence-electron chi connectivity index (χ2n) is 10.0. The first kappa shape index (κ1) is 25.1. The fourth-order valence-corrected chi connectivity index (χ4v) is 5.33. The minimum Gasteiger partial charge on any atom is -0.325 e. The van der Waals surface area contributed by atoms with Gasteiger partial charge in [-0.05, 0) is 98.9 Å². The van der Waals surface area contributed by atoms with Crippen molar-refractivity contribution in [2.75, 3.05) is 49.9 Å². The van der Waals surface area contributed by atoms with Gasteiger partial charge in [0, 0.05) is 29.7 Å². The number of nitrogens with one attached hydrogen (secondary N) is 2. The summed E-state index contributed by atoms with van der Waals surface area (Å²) in [7, 11) is 0. The van der Waals surface area contributed by atoms with Crippen LogP contribution in [0.25, 0.3) is 0 Å². The normalized spacial score (nSPS) is 16.2. The van der Waals surface area contributed by atoms with Gasteiger partial charge in [0.05, 0.1) is 13.1 Å². The summed E-state index contributed by atoms with van der Waals surface area (Å²) < 4.78 is 0. The molecule has 0 saturated carbocycles. The zero-order valence-corrected chi connectivity index (χ0v) is 21.2. The smallest absolute Gasteiger partial charge is 0.238 e. The van der Waals surface area contributed by atoms with E-state index in [2.05, 4.69) is 55.7 Å². The maximum absolute atomic E-state index is 12.4. The number of nitrogens with zero attached hydrogens (tertiary/aromatic N) is 3. The lowest BCUT2D eigenvalue weighted by molar-refractivity contribution is -0.117. The lowest BCUT2D eigenvalue weighted by Gasteiger charge is -2.20. The Hall–Kier alpha value is -3.55. The molecule has 0 atom stereocenters. The Labute approximate surface area is 218 Å². The fraction of sp³-hybridized carbons (Fsp3) is 0.367. The summed E-state index contributed by atoms with van der Waals surface area (Å²) in [5.41, 5.74) is 4.90. The van der Waals surface area contributed by atoms with Crippen molar-refractivity contribution in [2.45, 2.75) is 31.6 Å². The van der Waals surface area contributed by atoms with Crippen molar-refractivity contribution in [3.05, 3.63) is 89.7 Å². The third kappa shape index (κ3) is 6.81. The van der Waals surface area contributed by atoms with Gasteiger partial charge in [-0.15, -0.1) is 0 Å². The largest absolute Gasteiger partial charge is 0.325 e. The van der Waals surface area contributed by atoms with Crippen molar-refractivity contribution in [1.82, 2.24) is 14.8 Å². The van der Waals surface area contributed by atoms with E-state index < -0.39 is 0 Å². The average Bonchev–Trinajstić information content (AvgIpc) is 3.61. The molecule has 0 aliphatic carbocycles. The topological polar surface area (TPSA) is 77.6 Å². The molecule has 7 heteroatoms. The van der Waals surface area contributed by atoms with Crippen molar-refractivity contribution in [2.24, 2.45) is 0 Å². The molecular formula is C30H35N5O2. The molecule has 2 aromatic carbocycles. The van der Waals surface area contributed by atoms with Crippen LogP contribution in [0.4, 0.5) is 11.4 Å². The number of hydrogen-bond acceptors (Lipinski definition) is 5. The van der Waals surface area contributed by atoms with Gasteiger partial charge < -0.3 is 10.6 Å². The summed E-state index contributed by atoms with van der Waals surface area (Å²) in [6.07, 6.45) is 8.35. The van der Waals surface area contributed by atoms with E-state index in [9.17, 15) is 9.59 Å². The monoisotopic (exact) mass is 497 g/mol. The van der Waals surface area contributed by atoms with Crippen LogP contribution in [0.3, 0.4) is 0 Å². The number of likely N-dealkylation sites (tertiary alicyclic amines) is 2. The average molecular weight is 498 g/mol. The lowest BCUT2D eigenvalue weighted by Crippen LogP contribution is -2.30. The number of aromatic nitrogens is 1. The number of anilines is 2. The van der Waals surface area contributed by atoms with Gasteiger partial charge in [0.2, 0.25) is 11.8 Å². The highest BCUT2D eigenvalue weighted by atomic mass is 16.2. The molecule has 1 aromatic heterocycles. The SMILES string of the molecule is O=C(CN1CCCC1)Nc1ccc(C(c2ccc(NC(=O)CN3CCCC3)cc2)c2cccnc2)cc1. The fourth-order valence-electron chi connectivity index (χ4n) is 5.33. The minimum atomic E-state index is -0.0163. The van der Waals surface area contributed by atoms with Crippen molar-refractivity contribution in [3.8, 4) is 0 Å². The number of rotatable bonds is 9. The Kier molecular flexibility index (Phi) is 8.23. The molecule has 7 nitrogen and oxygen atoms in total. The lowest BCUT2D eigenvalue weighted by atomic mass is 9.86. The number of carbonyl (C=O) groups is 2. The maximum atomic E-state index is 12.4. The Morgan fingerprint density at radius 1 is 0.676 bits per heavy atom. The van der Waals surface area contributed by atoms with Crippen LogP contribution in [-0.2, 0) is 9.59 Å². The Morgan fingerprint density at radius 3 is 1.54 bits per heavy atom. The van der Waals surface area contributed by atoms with Crippen molar-refractivity contribution in [3.63, 3.8) is 0 Å². The van der Waals surface area contributed by atoms with Crippen LogP contribution in [-0.4, -0.2) is 65.9 Å². The van der Waals surface area contributed by atoms with Crippen LogP contribution in [0.1, 0.15) is 48.3 Å². The van der Waals surface area contributed by atoms with Gasteiger partial charge in [-0.1, -0.05) is 30.3 Å². The summed E-state index contributed by atoms with van der Waals surface area (Å²) in [6.45, 7) is 4.89. The van der Waals surface area contributed by atoms with Crippen LogP contribution >= 0.6 is 0 Å². The molecule has 3 heterocycles. The van der Waals surface area contributed by atoms with E-state index in [4.69, 9.17) is 0 Å². The molecular weight excluding hydrogens is 462 g/mol. The highest BCUT2D eigenvalue weighted by Crippen LogP contribution is 2.33. The van der Waals surface area contributed by atoms with Crippen LogP contribution in [0.2, 0.25) is 0 Å². The molecule has 192 valence electrons. The van der Waals surface area contributed by atoms with Gasteiger partial charge in [-0.3, -0.25) is 24.4 Å². The maximum Gasteiger partial charge on any atom is 0.238 e. The van der Waals surface area contributed by atoms with Crippen molar-refractivity contribution in [1.29, 1.82) is 0 Å².